The molecule has 0 aliphatic heterocycles. The van der Waals surface area contributed by atoms with Gasteiger partial charge in [-0.2, -0.15) is 0 Å². The average Bonchev–Trinajstić information content (AvgIpc) is 3.13. The van der Waals surface area contributed by atoms with Crippen LogP contribution in [0.2, 0.25) is 0 Å². The van der Waals surface area contributed by atoms with Crippen LogP contribution < -0.4 is 9.60 Å². The highest BCUT2D eigenvalue weighted by atomic mass is 32.2. The number of sulfonamides is 1. The zero-order valence-electron chi connectivity index (χ0n) is 12.6. The number of thiazole rings is 1. The largest absolute Gasteiger partial charge is 0.308 e. The Kier molecular flexibility index (Phi) is 4.31. The number of anilines is 1. The minimum Gasteiger partial charge on any atom is -0.296 e. The van der Waals surface area contributed by atoms with Crippen LogP contribution in [0.15, 0.2) is 44.7 Å². The van der Waals surface area contributed by atoms with Crippen molar-refractivity contribution in [2.24, 2.45) is 0 Å². The van der Waals surface area contributed by atoms with Crippen LogP contribution in [0.4, 0.5) is 5.69 Å². The Bertz CT molecular complexity index is 985. The van der Waals surface area contributed by atoms with Crippen molar-refractivity contribution in [2.45, 2.75) is 30.5 Å². The number of fused-ring (bicyclic) bond motifs is 1. The lowest BCUT2D eigenvalue weighted by atomic mass is 10.2. The molecule has 0 saturated carbocycles. The molecule has 0 amide bonds. The summed E-state index contributed by atoms with van der Waals surface area (Å²) in [4.78, 5) is 12.1. The van der Waals surface area contributed by atoms with Gasteiger partial charge in [-0.3, -0.25) is 14.1 Å². The lowest BCUT2D eigenvalue weighted by Crippen LogP contribution is -2.16. The zero-order chi connectivity index (χ0) is 16.6. The molecule has 8 heteroatoms. The van der Waals surface area contributed by atoms with Crippen molar-refractivity contribution in [3.63, 3.8) is 0 Å². The van der Waals surface area contributed by atoms with E-state index in [9.17, 15) is 13.2 Å². The van der Waals surface area contributed by atoms with Crippen LogP contribution >= 0.6 is 22.7 Å². The average molecular weight is 369 g/mol. The van der Waals surface area contributed by atoms with Crippen molar-refractivity contribution < 1.29 is 8.42 Å². The summed E-state index contributed by atoms with van der Waals surface area (Å²) in [7, 11) is -3.59. The first-order valence-electron chi connectivity index (χ1n) is 7.14. The predicted octanol–water partition coefficient (Wildman–Crippen LogP) is 3.90. The van der Waals surface area contributed by atoms with Crippen LogP contribution in [0.3, 0.4) is 0 Å². The van der Waals surface area contributed by atoms with Crippen molar-refractivity contribution in [1.29, 1.82) is 0 Å². The van der Waals surface area contributed by atoms with Crippen molar-refractivity contribution in [3.8, 4) is 0 Å². The van der Waals surface area contributed by atoms with Gasteiger partial charge in [0.15, 0.2) is 0 Å². The highest BCUT2D eigenvalue weighted by molar-refractivity contribution is 7.94. The Morgan fingerprint density at radius 2 is 2.09 bits per heavy atom. The molecule has 0 fully saturated rings. The van der Waals surface area contributed by atoms with Gasteiger partial charge in [0.05, 0.1) is 15.9 Å². The van der Waals surface area contributed by atoms with Gasteiger partial charge < -0.3 is 0 Å². The second-order valence-electron chi connectivity index (χ2n) is 5.22. The summed E-state index contributed by atoms with van der Waals surface area (Å²) in [6.07, 6.45) is 0.830. The van der Waals surface area contributed by atoms with Crippen LogP contribution in [0, 0.1) is 0 Å². The first-order valence-corrected chi connectivity index (χ1v) is 10.3. The third kappa shape index (κ3) is 3.06. The summed E-state index contributed by atoms with van der Waals surface area (Å²) in [6, 6.07) is 8.52. The maximum atomic E-state index is 12.3. The van der Waals surface area contributed by atoms with Gasteiger partial charge in [-0.15, -0.1) is 11.3 Å². The Morgan fingerprint density at radius 3 is 2.74 bits per heavy atom. The van der Waals surface area contributed by atoms with E-state index in [-0.39, 0.29) is 15.1 Å². The molecule has 0 spiro atoms. The van der Waals surface area contributed by atoms with Crippen LogP contribution in [-0.4, -0.2) is 13.0 Å². The smallest absolute Gasteiger partial charge is 0.296 e. The van der Waals surface area contributed by atoms with Crippen LogP contribution in [0.5, 0.6) is 0 Å². The summed E-state index contributed by atoms with van der Waals surface area (Å²) in [6.45, 7) is 4.00. The highest BCUT2D eigenvalue weighted by Crippen LogP contribution is 2.27. The van der Waals surface area contributed by atoms with Crippen molar-refractivity contribution in [1.82, 2.24) is 4.57 Å². The second kappa shape index (κ2) is 6.10. The summed E-state index contributed by atoms with van der Waals surface area (Å²) in [5.41, 5.74) is 1.22. The van der Waals surface area contributed by atoms with E-state index in [4.69, 9.17) is 0 Å². The first-order chi connectivity index (χ1) is 10.9. The topological polar surface area (TPSA) is 68.2 Å². The Labute approximate surface area is 142 Å². The molecule has 0 bridgehead atoms. The van der Waals surface area contributed by atoms with E-state index in [0.29, 0.717) is 5.69 Å². The molecular weight excluding hydrogens is 352 g/mol. The minimum absolute atomic E-state index is 0.0207. The van der Waals surface area contributed by atoms with Gasteiger partial charge in [-0.25, -0.2) is 8.42 Å². The maximum Gasteiger partial charge on any atom is 0.308 e. The molecule has 1 aromatic carbocycles. The van der Waals surface area contributed by atoms with Gasteiger partial charge >= 0.3 is 4.87 Å². The minimum atomic E-state index is -3.59. The predicted molar refractivity (Wildman–Crippen MR) is 96.2 cm³/mol. The number of hydrogen-bond donors (Lipinski definition) is 1. The number of aromatic nitrogens is 1. The molecule has 0 aliphatic carbocycles. The standard InChI is InChI=1S/C15H16N2O3S3/c1-3-10(2)17-12-9-11(6-7-13(12)22-15(17)18)16-23(19,20)14-5-4-8-21-14/h4-10,16H,3H2,1-2H3. The second-order valence-corrected chi connectivity index (χ2v) is 9.07. The van der Waals surface area contributed by atoms with Crippen molar-refractivity contribution in [3.05, 3.63) is 45.4 Å². The summed E-state index contributed by atoms with van der Waals surface area (Å²) >= 11 is 2.34. The van der Waals surface area contributed by atoms with Gasteiger partial charge in [-0.05, 0) is 43.0 Å². The lowest BCUT2D eigenvalue weighted by molar-refractivity contribution is 0.539. The van der Waals surface area contributed by atoms with Gasteiger partial charge in [0.1, 0.15) is 4.21 Å². The van der Waals surface area contributed by atoms with E-state index in [1.807, 2.05) is 13.8 Å². The zero-order valence-corrected chi connectivity index (χ0v) is 15.1. The number of nitrogens with one attached hydrogen (secondary N) is 1. The maximum absolute atomic E-state index is 12.3. The molecule has 3 rings (SSSR count). The fourth-order valence-electron chi connectivity index (χ4n) is 2.32. The Morgan fingerprint density at radius 1 is 1.30 bits per heavy atom. The summed E-state index contributed by atoms with van der Waals surface area (Å²) < 4.78 is 30.0. The fraction of sp³-hybridized carbons (Fsp3) is 0.267. The molecule has 1 unspecified atom stereocenters. The van der Waals surface area contributed by atoms with Gasteiger partial charge in [0.2, 0.25) is 0 Å². The molecular formula is C15H16N2O3S3. The molecule has 1 atom stereocenters. The summed E-state index contributed by atoms with van der Waals surface area (Å²) in [5, 5.41) is 1.72. The van der Waals surface area contributed by atoms with Crippen LogP contribution in [0.1, 0.15) is 26.3 Å². The number of rotatable bonds is 5. The van der Waals surface area contributed by atoms with Crippen molar-refractivity contribution >= 4 is 48.6 Å². The molecule has 3 aromatic rings. The summed E-state index contributed by atoms with van der Waals surface area (Å²) in [5.74, 6) is 0. The molecule has 0 radical (unpaired) electrons. The normalized spacial score (nSPS) is 13.3. The molecule has 0 aliphatic rings. The molecule has 1 N–H and O–H groups in total. The molecule has 2 heterocycles. The van der Waals surface area contributed by atoms with Gasteiger partial charge in [0.25, 0.3) is 10.0 Å². The molecule has 2 aromatic heterocycles. The van der Waals surface area contributed by atoms with E-state index in [1.54, 1.807) is 40.3 Å². The lowest BCUT2D eigenvalue weighted by Gasteiger charge is -2.12. The molecule has 0 saturated heterocycles. The van der Waals surface area contributed by atoms with Crippen molar-refractivity contribution in [2.75, 3.05) is 4.72 Å². The van der Waals surface area contributed by atoms with Crippen LogP contribution in [-0.2, 0) is 10.0 Å². The fourth-order valence-corrected chi connectivity index (χ4v) is 5.32. The third-order valence-corrected chi connectivity index (χ3v) is 7.37. The van der Waals surface area contributed by atoms with Gasteiger partial charge in [0, 0.05) is 6.04 Å². The van der Waals surface area contributed by atoms with Crippen LogP contribution in [0.25, 0.3) is 10.2 Å². The SMILES string of the molecule is CCC(C)n1c(=O)sc2ccc(NS(=O)(=O)c3cccs3)cc21. The van der Waals surface area contributed by atoms with E-state index in [1.165, 1.54) is 11.3 Å². The number of hydrogen-bond acceptors (Lipinski definition) is 5. The Hall–Kier alpha value is -1.64. The molecule has 122 valence electrons. The van der Waals surface area contributed by atoms with Gasteiger partial charge in [-0.1, -0.05) is 24.3 Å². The number of benzene rings is 1. The molecule has 23 heavy (non-hydrogen) atoms. The van der Waals surface area contributed by atoms with E-state index in [2.05, 4.69) is 4.72 Å². The Balaban J connectivity index is 2.05. The van der Waals surface area contributed by atoms with E-state index in [0.717, 1.165) is 28.0 Å². The van der Waals surface area contributed by atoms with E-state index >= 15 is 0 Å². The highest BCUT2D eigenvalue weighted by Gasteiger charge is 2.17. The van der Waals surface area contributed by atoms with E-state index < -0.39 is 10.0 Å². The monoisotopic (exact) mass is 368 g/mol. The third-order valence-electron chi connectivity index (χ3n) is 3.66. The quantitative estimate of drug-likeness (QED) is 0.743. The number of thiophene rings is 1. The number of nitrogens with zero attached hydrogens (tertiary/aromatic N) is 1. The molecule has 5 nitrogen and oxygen atoms in total. The first kappa shape index (κ1) is 16.2.